The lowest BCUT2D eigenvalue weighted by Crippen LogP contribution is -2.42. The molecular formula is C27H23Cl2NO7. The molecule has 0 fully saturated rings. The number of hydrogen-bond acceptors (Lipinski definition) is 5. The van der Waals surface area contributed by atoms with Crippen molar-refractivity contribution in [3.05, 3.63) is 86.4 Å². The molecule has 0 radical (unpaired) electrons. The van der Waals surface area contributed by atoms with Crippen LogP contribution in [0.4, 0.5) is 0 Å². The van der Waals surface area contributed by atoms with Gasteiger partial charge in [0.15, 0.2) is 5.78 Å². The van der Waals surface area contributed by atoms with Crippen molar-refractivity contribution in [1.82, 2.24) is 5.32 Å². The quantitative estimate of drug-likeness (QED) is 0.312. The van der Waals surface area contributed by atoms with Crippen molar-refractivity contribution in [3.8, 4) is 16.9 Å². The molecule has 3 aromatic carbocycles. The largest absolute Gasteiger partial charge is 0.496 e. The lowest BCUT2D eigenvalue weighted by Gasteiger charge is -2.17. The van der Waals surface area contributed by atoms with Gasteiger partial charge in [-0.2, -0.15) is 0 Å². The molecule has 1 amide bonds. The molecule has 192 valence electrons. The van der Waals surface area contributed by atoms with Gasteiger partial charge in [0.1, 0.15) is 11.8 Å². The minimum Gasteiger partial charge on any atom is -0.496 e. The number of nitrogens with one attached hydrogen (secondary N) is 1. The number of aromatic carboxylic acids is 1. The predicted octanol–water partition coefficient (Wildman–Crippen LogP) is 5.30. The number of carboxylic acids is 2. The molecule has 0 aromatic heterocycles. The first-order valence-electron chi connectivity index (χ1n) is 11.0. The lowest BCUT2D eigenvalue weighted by molar-refractivity contribution is -0.139. The van der Waals surface area contributed by atoms with E-state index in [1.54, 1.807) is 36.4 Å². The molecule has 0 saturated heterocycles. The van der Waals surface area contributed by atoms with Gasteiger partial charge in [0, 0.05) is 17.5 Å². The summed E-state index contributed by atoms with van der Waals surface area (Å²) in [6.07, 6.45) is -0.0385. The average Bonchev–Trinajstić information content (AvgIpc) is 2.83. The third kappa shape index (κ3) is 6.28. The van der Waals surface area contributed by atoms with E-state index in [2.05, 4.69) is 5.32 Å². The number of Topliss-reactive ketones (excluding diaryl/α,β-unsaturated/α-hetero) is 1. The summed E-state index contributed by atoms with van der Waals surface area (Å²) in [5.41, 5.74) is 3.20. The zero-order valence-electron chi connectivity index (χ0n) is 20.1. The van der Waals surface area contributed by atoms with Crippen LogP contribution in [0.1, 0.15) is 49.1 Å². The molecule has 0 saturated carbocycles. The Morgan fingerprint density at radius 1 is 0.946 bits per heavy atom. The smallest absolute Gasteiger partial charge is 0.335 e. The first kappa shape index (κ1) is 27.7. The topological polar surface area (TPSA) is 130 Å². The van der Waals surface area contributed by atoms with E-state index >= 15 is 0 Å². The van der Waals surface area contributed by atoms with Crippen LogP contribution in [0.3, 0.4) is 0 Å². The molecule has 0 bridgehead atoms. The van der Waals surface area contributed by atoms with E-state index in [1.807, 2.05) is 6.92 Å². The molecule has 0 aliphatic heterocycles. The summed E-state index contributed by atoms with van der Waals surface area (Å²) < 4.78 is 5.49. The maximum Gasteiger partial charge on any atom is 0.335 e. The lowest BCUT2D eigenvalue weighted by atomic mass is 9.94. The maximum atomic E-state index is 12.8. The standard InChI is InChI=1S/C27H23Cl2NO7/c1-13-8-17(14(2)31)12-22(37-3)23(13)16-6-4-15(5-7-16)9-21(27(35)36)30-25(32)24-19(28)10-18(26(33)34)11-20(24)29/h4-8,10-12,21H,9H2,1-3H3,(H,30,32)(H,33,34)(H,35,36)/t21-/m0/s1. The van der Waals surface area contributed by atoms with Gasteiger partial charge in [0.25, 0.3) is 5.91 Å². The molecule has 0 heterocycles. The Morgan fingerprint density at radius 2 is 1.54 bits per heavy atom. The van der Waals surface area contributed by atoms with Gasteiger partial charge in [0.2, 0.25) is 0 Å². The number of hydrogen-bond donors (Lipinski definition) is 3. The number of benzene rings is 3. The minimum absolute atomic E-state index is 0.0385. The molecule has 8 nitrogen and oxygen atoms in total. The van der Waals surface area contributed by atoms with Crippen molar-refractivity contribution in [3.63, 3.8) is 0 Å². The number of ether oxygens (including phenoxy) is 1. The van der Waals surface area contributed by atoms with E-state index in [9.17, 15) is 24.3 Å². The molecule has 0 spiro atoms. The molecule has 3 N–H and O–H groups in total. The van der Waals surface area contributed by atoms with Crippen LogP contribution in [-0.4, -0.2) is 47.0 Å². The average molecular weight is 544 g/mol. The summed E-state index contributed by atoms with van der Waals surface area (Å²) in [4.78, 5) is 47.6. The molecule has 37 heavy (non-hydrogen) atoms. The fourth-order valence-electron chi connectivity index (χ4n) is 3.88. The number of aliphatic carboxylic acids is 1. The Balaban J connectivity index is 1.84. The van der Waals surface area contributed by atoms with Crippen molar-refractivity contribution in [2.45, 2.75) is 26.3 Å². The minimum atomic E-state index is -1.31. The van der Waals surface area contributed by atoms with Gasteiger partial charge in [0.05, 0.1) is 28.3 Å². The van der Waals surface area contributed by atoms with Crippen LogP contribution >= 0.6 is 23.2 Å². The highest BCUT2D eigenvalue weighted by atomic mass is 35.5. The van der Waals surface area contributed by atoms with E-state index in [0.29, 0.717) is 16.9 Å². The Hall–Kier alpha value is -3.88. The number of methoxy groups -OCH3 is 1. The van der Waals surface area contributed by atoms with Crippen molar-refractivity contribution in [1.29, 1.82) is 0 Å². The second-order valence-corrected chi connectivity index (χ2v) is 9.13. The fourth-order valence-corrected chi connectivity index (χ4v) is 4.53. The summed E-state index contributed by atoms with van der Waals surface area (Å²) in [6.45, 7) is 3.35. The van der Waals surface area contributed by atoms with E-state index < -0.39 is 23.9 Å². The van der Waals surface area contributed by atoms with Crippen LogP contribution < -0.4 is 10.1 Å². The van der Waals surface area contributed by atoms with Crippen LogP contribution in [0.5, 0.6) is 5.75 Å². The third-order valence-electron chi connectivity index (χ3n) is 5.73. The molecule has 10 heteroatoms. The van der Waals surface area contributed by atoms with Gasteiger partial charge in [-0.3, -0.25) is 9.59 Å². The second kappa shape index (κ2) is 11.5. The third-order valence-corrected chi connectivity index (χ3v) is 6.32. The first-order valence-corrected chi connectivity index (χ1v) is 11.7. The van der Waals surface area contributed by atoms with Gasteiger partial charge in [-0.1, -0.05) is 47.5 Å². The normalized spacial score (nSPS) is 11.5. The van der Waals surface area contributed by atoms with Crippen molar-refractivity contribution in [2.24, 2.45) is 0 Å². The number of halogens is 2. The number of amides is 1. The molecule has 0 unspecified atom stereocenters. The van der Waals surface area contributed by atoms with Crippen molar-refractivity contribution in [2.75, 3.05) is 7.11 Å². The first-order chi connectivity index (χ1) is 17.4. The number of ketones is 1. The Morgan fingerprint density at radius 3 is 2.03 bits per heavy atom. The van der Waals surface area contributed by atoms with Gasteiger partial charge in [-0.25, -0.2) is 9.59 Å². The van der Waals surface area contributed by atoms with Crippen LogP contribution in [0.15, 0.2) is 48.5 Å². The zero-order valence-corrected chi connectivity index (χ0v) is 21.6. The van der Waals surface area contributed by atoms with E-state index in [1.165, 1.54) is 14.0 Å². The predicted molar refractivity (Wildman–Crippen MR) is 139 cm³/mol. The summed E-state index contributed by atoms with van der Waals surface area (Å²) in [5.74, 6) is -2.93. The highest BCUT2D eigenvalue weighted by Gasteiger charge is 2.25. The second-order valence-electron chi connectivity index (χ2n) is 8.31. The van der Waals surface area contributed by atoms with Crippen molar-refractivity contribution < 1.29 is 34.1 Å². The number of carbonyl (C=O) groups excluding carboxylic acids is 2. The van der Waals surface area contributed by atoms with Crippen LogP contribution in [0.2, 0.25) is 10.0 Å². The number of carboxylic acid groups (broad SMARTS) is 2. The highest BCUT2D eigenvalue weighted by Crippen LogP contribution is 2.35. The Kier molecular flexibility index (Phi) is 8.57. The highest BCUT2D eigenvalue weighted by molar-refractivity contribution is 6.40. The monoisotopic (exact) mass is 543 g/mol. The summed E-state index contributed by atoms with van der Waals surface area (Å²) >= 11 is 12.1. The maximum absolute atomic E-state index is 12.8. The van der Waals surface area contributed by atoms with E-state index in [-0.39, 0.29) is 33.4 Å². The molecule has 3 rings (SSSR count). The number of carbonyl (C=O) groups is 4. The summed E-state index contributed by atoms with van der Waals surface area (Å²) in [6, 6.07) is 11.3. The van der Waals surface area contributed by atoms with Crippen LogP contribution in [0, 0.1) is 6.92 Å². The Bertz CT molecular complexity index is 1380. The van der Waals surface area contributed by atoms with Gasteiger partial charge >= 0.3 is 11.9 Å². The number of aryl methyl sites for hydroxylation is 1. The van der Waals surface area contributed by atoms with E-state index in [4.69, 9.17) is 33.0 Å². The fraction of sp³-hybridized carbons (Fsp3) is 0.185. The number of rotatable bonds is 9. The molecule has 0 aliphatic rings. The zero-order chi connectivity index (χ0) is 27.4. The van der Waals surface area contributed by atoms with Crippen LogP contribution in [-0.2, 0) is 11.2 Å². The van der Waals surface area contributed by atoms with Gasteiger partial charge in [-0.05, 0) is 54.8 Å². The van der Waals surface area contributed by atoms with Gasteiger partial charge < -0.3 is 20.3 Å². The van der Waals surface area contributed by atoms with Crippen LogP contribution in [0.25, 0.3) is 11.1 Å². The SMILES string of the molecule is COc1cc(C(C)=O)cc(C)c1-c1ccc(C[C@H](NC(=O)c2c(Cl)cc(C(=O)O)cc2Cl)C(=O)O)cc1. The molecular weight excluding hydrogens is 521 g/mol. The molecule has 3 aromatic rings. The molecule has 0 aliphatic carbocycles. The Labute approximate surface area is 222 Å². The van der Waals surface area contributed by atoms with E-state index in [0.717, 1.165) is 28.8 Å². The van der Waals surface area contributed by atoms with Crippen molar-refractivity contribution >= 4 is 46.8 Å². The van der Waals surface area contributed by atoms with Gasteiger partial charge in [-0.15, -0.1) is 0 Å². The summed E-state index contributed by atoms with van der Waals surface area (Å²) in [5, 5.41) is 20.8. The molecule has 1 atom stereocenters. The summed E-state index contributed by atoms with van der Waals surface area (Å²) in [7, 11) is 1.52.